The van der Waals surface area contributed by atoms with Gasteiger partial charge >= 0.3 is 0 Å². The zero-order valence-corrected chi connectivity index (χ0v) is 16.7. The van der Waals surface area contributed by atoms with Crippen molar-refractivity contribution in [3.05, 3.63) is 47.8 Å². The Balaban J connectivity index is 1.87. The molecule has 134 valence electrons. The van der Waals surface area contributed by atoms with Crippen LogP contribution in [0.15, 0.2) is 45.1 Å². The van der Waals surface area contributed by atoms with E-state index in [4.69, 9.17) is 0 Å². The summed E-state index contributed by atoms with van der Waals surface area (Å²) in [6, 6.07) is 5.94. The van der Waals surface area contributed by atoms with E-state index in [0.717, 1.165) is 25.6 Å². The van der Waals surface area contributed by atoms with E-state index in [2.05, 4.69) is 22.1 Å². The molecular formula is C17H20FN3OS3. The van der Waals surface area contributed by atoms with Gasteiger partial charge in [0.25, 0.3) is 0 Å². The van der Waals surface area contributed by atoms with Crippen LogP contribution in [0.4, 0.5) is 4.39 Å². The lowest BCUT2D eigenvalue weighted by Crippen LogP contribution is -2.33. The molecule has 8 heteroatoms. The van der Waals surface area contributed by atoms with Crippen LogP contribution in [0.25, 0.3) is 0 Å². The molecule has 0 aliphatic carbocycles. The smallest absolute Gasteiger partial charge is 0.233 e. The minimum Gasteiger partial charge on any atom is -0.349 e. The van der Waals surface area contributed by atoms with Crippen LogP contribution in [0.5, 0.6) is 0 Å². The zero-order chi connectivity index (χ0) is 18.4. The van der Waals surface area contributed by atoms with Gasteiger partial charge in [-0.05, 0) is 38.5 Å². The van der Waals surface area contributed by atoms with Gasteiger partial charge in [-0.2, -0.15) is 0 Å². The van der Waals surface area contributed by atoms with Gasteiger partial charge in [0.1, 0.15) is 5.82 Å². The van der Waals surface area contributed by atoms with Gasteiger partial charge in [-0.3, -0.25) is 4.79 Å². The monoisotopic (exact) mass is 397 g/mol. The van der Waals surface area contributed by atoms with Crippen LogP contribution in [-0.4, -0.2) is 27.1 Å². The van der Waals surface area contributed by atoms with Gasteiger partial charge in [-0.1, -0.05) is 59.1 Å². The van der Waals surface area contributed by atoms with E-state index >= 15 is 0 Å². The highest BCUT2D eigenvalue weighted by Gasteiger charge is 2.19. The lowest BCUT2D eigenvalue weighted by Gasteiger charge is -2.17. The molecule has 1 aromatic heterocycles. The van der Waals surface area contributed by atoms with E-state index in [1.807, 2.05) is 20.8 Å². The van der Waals surface area contributed by atoms with Crippen molar-refractivity contribution in [1.29, 1.82) is 0 Å². The third-order valence-corrected chi connectivity index (χ3v) is 6.68. The summed E-state index contributed by atoms with van der Waals surface area (Å²) in [5.41, 5.74) is 1.94. The Morgan fingerprint density at radius 3 is 2.56 bits per heavy atom. The normalized spacial score (nSPS) is 13.3. The average molecular weight is 398 g/mol. The molecule has 1 N–H and O–H groups in total. The Kier molecular flexibility index (Phi) is 7.46. The number of carbonyl (C=O) groups excluding carboxylic acids is 1. The maximum Gasteiger partial charge on any atom is 0.233 e. The van der Waals surface area contributed by atoms with E-state index < -0.39 is 0 Å². The van der Waals surface area contributed by atoms with Gasteiger partial charge in [0.05, 0.1) is 11.3 Å². The summed E-state index contributed by atoms with van der Waals surface area (Å²) in [6.45, 7) is 9.54. The van der Waals surface area contributed by atoms with Crippen LogP contribution in [0.1, 0.15) is 32.4 Å². The molecule has 0 unspecified atom stereocenters. The van der Waals surface area contributed by atoms with Crippen LogP contribution in [0.2, 0.25) is 0 Å². The molecule has 2 atom stereocenters. The Bertz CT molecular complexity index is 733. The highest BCUT2D eigenvalue weighted by molar-refractivity contribution is 8.04. The minimum atomic E-state index is -0.296. The van der Waals surface area contributed by atoms with E-state index in [0.29, 0.717) is 0 Å². The Labute approximate surface area is 159 Å². The Morgan fingerprint density at radius 2 is 1.92 bits per heavy atom. The van der Waals surface area contributed by atoms with Crippen molar-refractivity contribution < 1.29 is 9.18 Å². The molecule has 1 aromatic carbocycles. The summed E-state index contributed by atoms with van der Waals surface area (Å²) >= 11 is 4.46. The first-order chi connectivity index (χ1) is 11.8. The molecule has 0 fully saturated rings. The summed E-state index contributed by atoms with van der Waals surface area (Å²) in [7, 11) is 0. The molecule has 1 amide bonds. The predicted octanol–water partition coefficient (Wildman–Crippen LogP) is 4.70. The van der Waals surface area contributed by atoms with Crippen molar-refractivity contribution in [2.75, 3.05) is 5.75 Å². The van der Waals surface area contributed by atoms with Gasteiger partial charge in [-0.25, -0.2) is 4.39 Å². The number of hydrogen-bond acceptors (Lipinski definition) is 6. The predicted molar refractivity (Wildman–Crippen MR) is 104 cm³/mol. The number of amides is 1. The zero-order valence-electron chi connectivity index (χ0n) is 14.3. The number of hydrogen-bond donors (Lipinski definition) is 1. The molecule has 0 radical (unpaired) electrons. The van der Waals surface area contributed by atoms with Crippen molar-refractivity contribution in [3.63, 3.8) is 0 Å². The maximum absolute atomic E-state index is 13.0. The number of halogens is 1. The number of aromatic nitrogens is 2. The van der Waals surface area contributed by atoms with Crippen LogP contribution in [0.3, 0.4) is 0 Å². The summed E-state index contributed by atoms with van der Waals surface area (Å²) in [6.07, 6.45) is 0. The number of rotatable bonds is 8. The van der Waals surface area contributed by atoms with Crippen molar-refractivity contribution in [2.45, 2.75) is 40.7 Å². The first-order valence-corrected chi connectivity index (χ1v) is 10.4. The van der Waals surface area contributed by atoms with Crippen molar-refractivity contribution >= 4 is 40.8 Å². The molecule has 0 spiro atoms. The van der Waals surface area contributed by atoms with Gasteiger partial charge in [-0.15, -0.1) is 10.2 Å². The highest BCUT2D eigenvalue weighted by Crippen LogP contribution is 2.32. The van der Waals surface area contributed by atoms with Crippen molar-refractivity contribution in [3.8, 4) is 0 Å². The molecule has 1 heterocycles. The summed E-state index contributed by atoms with van der Waals surface area (Å²) < 4.78 is 14.6. The van der Waals surface area contributed by atoms with Crippen LogP contribution < -0.4 is 5.32 Å². The van der Waals surface area contributed by atoms with Crippen LogP contribution in [-0.2, 0) is 4.79 Å². The molecule has 0 bridgehead atoms. The van der Waals surface area contributed by atoms with Crippen LogP contribution in [0, 0.1) is 5.82 Å². The van der Waals surface area contributed by atoms with Gasteiger partial charge in [0, 0.05) is 5.75 Å². The number of thioether (sulfide) groups is 2. The van der Waals surface area contributed by atoms with E-state index in [9.17, 15) is 9.18 Å². The number of carbonyl (C=O) groups is 1. The third-order valence-electron chi connectivity index (χ3n) is 3.21. The summed E-state index contributed by atoms with van der Waals surface area (Å²) in [5.74, 6) is 0.431. The van der Waals surface area contributed by atoms with Crippen molar-refractivity contribution in [1.82, 2.24) is 15.5 Å². The van der Waals surface area contributed by atoms with Gasteiger partial charge in [0.2, 0.25) is 5.91 Å². The summed E-state index contributed by atoms with van der Waals surface area (Å²) in [4.78, 5) is 12.4. The second kappa shape index (κ2) is 9.35. The standard InChI is InChI=1S/C17H20FN3OS3/c1-10(2)9-23-16-20-21-17(25-16)24-12(4)15(22)19-11(3)13-5-7-14(18)8-6-13/h5-8,11-12H,1,9H2,2-4H3,(H,19,22)/t11-,12+/m0/s1. The fourth-order valence-electron chi connectivity index (χ4n) is 1.86. The fourth-order valence-corrected chi connectivity index (χ4v) is 4.87. The minimum absolute atomic E-state index is 0.0897. The number of benzene rings is 1. The lowest BCUT2D eigenvalue weighted by molar-refractivity contribution is -0.120. The van der Waals surface area contributed by atoms with Gasteiger partial charge < -0.3 is 5.32 Å². The molecule has 2 rings (SSSR count). The molecule has 0 aliphatic heterocycles. The molecule has 0 saturated carbocycles. The molecule has 4 nitrogen and oxygen atoms in total. The first-order valence-electron chi connectivity index (χ1n) is 7.68. The Hall–Kier alpha value is -1.38. The summed E-state index contributed by atoms with van der Waals surface area (Å²) in [5, 5.41) is 10.9. The molecule has 0 aliphatic rings. The fraction of sp³-hybridized carbons (Fsp3) is 0.353. The highest BCUT2D eigenvalue weighted by atomic mass is 32.2. The van der Waals surface area contributed by atoms with Gasteiger partial charge in [0.15, 0.2) is 8.68 Å². The maximum atomic E-state index is 13.0. The number of nitrogens with one attached hydrogen (secondary N) is 1. The third kappa shape index (κ3) is 6.45. The molecule has 2 aromatic rings. The number of nitrogens with zero attached hydrogens (tertiary/aromatic N) is 2. The van der Waals surface area contributed by atoms with E-state index in [-0.39, 0.29) is 23.0 Å². The first kappa shape index (κ1) is 19.9. The SMILES string of the molecule is C=C(C)CSc1nnc(S[C@H](C)C(=O)N[C@@H](C)c2ccc(F)cc2)s1. The molecule has 25 heavy (non-hydrogen) atoms. The second-order valence-electron chi connectivity index (χ2n) is 5.62. The topological polar surface area (TPSA) is 54.9 Å². The average Bonchev–Trinajstić information content (AvgIpc) is 3.00. The van der Waals surface area contributed by atoms with E-state index in [1.54, 1.807) is 23.9 Å². The van der Waals surface area contributed by atoms with Crippen molar-refractivity contribution in [2.24, 2.45) is 0 Å². The largest absolute Gasteiger partial charge is 0.349 e. The molecular weight excluding hydrogens is 377 g/mol. The Morgan fingerprint density at radius 1 is 1.28 bits per heavy atom. The quantitative estimate of drug-likeness (QED) is 0.517. The lowest BCUT2D eigenvalue weighted by atomic mass is 10.1. The second-order valence-corrected chi connectivity index (χ2v) is 9.41. The van der Waals surface area contributed by atoms with Crippen LogP contribution >= 0.6 is 34.9 Å². The van der Waals surface area contributed by atoms with E-state index in [1.165, 1.54) is 35.2 Å². The molecule has 0 saturated heterocycles.